The Morgan fingerprint density at radius 2 is 1.80 bits per heavy atom. The lowest BCUT2D eigenvalue weighted by molar-refractivity contribution is 0.397. The second-order valence-corrected chi connectivity index (χ2v) is 5.10. The van der Waals surface area contributed by atoms with Crippen LogP contribution in [0.1, 0.15) is 18.1 Å². The number of guanidine groups is 1. The summed E-state index contributed by atoms with van der Waals surface area (Å²) in [6, 6.07) is 11.8. The van der Waals surface area contributed by atoms with Crippen LogP contribution in [-0.2, 0) is 13.1 Å². The first-order valence-electron chi connectivity index (χ1n) is 7.89. The van der Waals surface area contributed by atoms with Gasteiger partial charge >= 0.3 is 0 Å². The van der Waals surface area contributed by atoms with Crippen molar-refractivity contribution in [2.75, 3.05) is 20.8 Å². The fraction of sp³-hybridized carbons (Fsp3) is 0.333. The van der Waals surface area contributed by atoms with E-state index in [4.69, 9.17) is 9.47 Å². The van der Waals surface area contributed by atoms with Crippen molar-refractivity contribution in [2.24, 2.45) is 4.99 Å². The number of nitrogens with one attached hydrogen (secondary N) is 2. The number of methoxy groups -OCH3 is 2. The molecule has 136 valence electrons. The summed E-state index contributed by atoms with van der Waals surface area (Å²) < 4.78 is 10.3. The van der Waals surface area contributed by atoms with Gasteiger partial charge in [0.2, 0.25) is 5.88 Å². The summed E-state index contributed by atoms with van der Waals surface area (Å²) in [7, 11) is 3.27. The van der Waals surface area contributed by atoms with Gasteiger partial charge < -0.3 is 20.1 Å². The van der Waals surface area contributed by atoms with E-state index >= 15 is 0 Å². The summed E-state index contributed by atoms with van der Waals surface area (Å²) in [5, 5.41) is 6.57. The van der Waals surface area contributed by atoms with Gasteiger partial charge in [0.15, 0.2) is 5.96 Å². The molecule has 1 aromatic heterocycles. The molecule has 7 heteroatoms. The molecule has 0 unspecified atom stereocenters. The zero-order valence-corrected chi connectivity index (χ0v) is 17.1. The molecule has 0 amide bonds. The topological polar surface area (TPSA) is 67.8 Å². The van der Waals surface area contributed by atoms with E-state index in [1.807, 2.05) is 43.3 Å². The average Bonchev–Trinajstić information content (AvgIpc) is 2.64. The molecule has 0 saturated carbocycles. The molecule has 6 nitrogen and oxygen atoms in total. The number of aliphatic imine (C=N–C) groups is 1. The molecule has 0 bridgehead atoms. The highest BCUT2D eigenvalue weighted by Crippen LogP contribution is 2.11. The van der Waals surface area contributed by atoms with Crippen LogP contribution in [0.5, 0.6) is 11.6 Å². The number of hydrogen-bond acceptors (Lipinski definition) is 4. The molecule has 0 saturated heterocycles. The van der Waals surface area contributed by atoms with Crippen LogP contribution < -0.4 is 20.1 Å². The maximum Gasteiger partial charge on any atom is 0.213 e. The Kier molecular flexibility index (Phi) is 9.68. The van der Waals surface area contributed by atoms with Crippen molar-refractivity contribution >= 4 is 29.9 Å². The second kappa shape index (κ2) is 11.5. The number of benzene rings is 1. The van der Waals surface area contributed by atoms with Crippen LogP contribution in [0.25, 0.3) is 0 Å². The number of nitrogens with zero attached hydrogens (tertiary/aromatic N) is 2. The standard InChI is InChI=1S/C18H24N4O2.HI/c1-4-19-18(21-12-14-5-7-16(23-2)8-6-14)22-13-15-9-10-20-17(11-15)24-3;/h5-11H,4,12-13H2,1-3H3,(H2,19,21,22);1H. The summed E-state index contributed by atoms with van der Waals surface area (Å²) in [6.45, 7) is 4.08. The molecule has 0 aliphatic heterocycles. The first kappa shape index (κ1) is 21.0. The summed E-state index contributed by atoms with van der Waals surface area (Å²) in [5.74, 6) is 2.22. The predicted molar refractivity (Wildman–Crippen MR) is 111 cm³/mol. The Morgan fingerprint density at radius 3 is 2.44 bits per heavy atom. The number of rotatable bonds is 7. The van der Waals surface area contributed by atoms with Crippen molar-refractivity contribution in [1.82, 2.24) is 15.6 Å². The maximum absolute atomic E-state index is 5.17. The largest absolute Gasteiger partial charge is 0.497 e. The first-order chi connectivity index (χ1) is 11.7. The van der Waals surface area contributed by atoms with E-state index in [9.17, 15) is 0 Å². The fourth-order valence-electron chi connectivity index (χ4n) is 2.10. The van der Waals surface area contributed by atoms with E-state index in [0.717, 1.165) is 29.4 Å². The Morgan fingerprint density at radius 1 is 1.04 bits per heavy atom. The van der Waals surface area contributed by atoms with Gasteiger partial charge in [0, 0.05) is 25.4 Å². The summed E-state index contributed by atoms with van der Waals surface area (Å²) in [4.78, 5) is 8.69. The Labute approximate surface area is 166 Å². The molecule has 0 radical (unpaired) electrons. The van der Waals surface area contributed by atoms with Gasteiger partial charge in [-0.3, -0.25) is 0 Å². The lowest BCUT2D eigenvalue weighted by Gasteiger charge is -2.12. The minimum atomic E-state index is 0. The molecule has 25 heavy (non-hydrogen) atoms. The van der Waals surface area contributed by atoms with Crippen LogP contribution >= 0.6 is 24.0 Å². The molecule has 0 fully saturated rings. The molecule has 0 atom stereocenters. The highest BCUT2D eigenvalue weighted by molar-refractivity contribution is 14.0. The summed E-state index contributed by atoms with van der Waals surface area (Å²) in [5.41, 5.74) is 2.20. The third-order valence-corrected chi connectivity index (χ3v) is 3.39. The quantitative estimate of drug-likeness (QED) is 0.381. The molecule has 1 aromatic carbocycles. The second-order valence-electron chi connectivity index (χ2n) is 5.10. The molecule has 2 aromatic rings. The minimum absolute atomic E-state index is 0. The first-order valence-corrected chi connectivity index (χ1v) is 7.89. The monoisotopic (exact) mass is 456 g/mol. The predicted octanol–water partition coefficient (Wildman–Crippen LogP) is 2.97. The smallest absolute Gasteiger partial charge is 0.213 e. The zero-order valence-electron chi connectivity index (χ0n) is 14.8. The van der Waals surface area contributed by atoms with Crippen molar-refractivity contribution in [1.29, 1.82) is 0 Å². The lowest BCUT2D eigenvalue weighted by atomic mass is 10.2. The molecule has 0 spiro atoms. The van der Waals surface area contributed by atoms with Gasteiger partial charge in [-0.25, -0.2) is 9.98 Å². The van der Waals surface area contributed by atoms with Crippen LogP contribution in [0, 0.1) is 0 Å². The fourth-order valence-corrected chi connectivity index (χ4v) is 2.10. The van der Waals surface area contributed by atoms with Gasteiger partial charge in [0.25, 0.3) is 0 Å². The molecular formula is C18H25IN4O2. The van der Waals surface area contributed by atoms with Crippen molar-refractivity contribution in [3.63, 3.8) is 0 Å². The van der Waals surface area contributed by atoms with Crippen LogP contribution in [0.4, 0.5) is 0 Å². The van der Waals surface area contributed by atoms with Crippen molar-refractivity contribution < 1.29 is 9.47 Å². The normalized spacial score (nSPS) is 10.6. The average molecular weight is 456 g/mol. The Balaban J connectivity index is 0.00000312. The van der Waals surface area contributed by atoms with Crippen LogP contribution in [-0.4, -0.2) is 31.7 Å². The number of ether oxygens (including phenoxy) is 2. The summed E-state index contributed by atoms with van der Waals surface area (Å²) in [6.07, 6.45) is 1.72. The highest BCUT2D eigenvalue weighted by atomic mass is 127. The van der Waals surface area contributed by atoms with E-state index in [1.54, 1.807) is 20.4 Å². The lowest BCUT2D eigenvalue weighted by Crippen LogP contribution is -2.36. The van der Waals surface area contributed by atoms with Gasteiger partial charge in [-0.1, -0.05) is 12.1 Å². The number of halogens is 1. The Bertz CT molecular complexity index is 662. The van der Waals surface area contributed by atoms with E-state index < -0.39 is 0 Å². The van der Waals surface area contributed by atoms with Gasteiger partial charge in [0.05, 0.1) is 20.8 Å². The molecule has 2 N–H and O–H groups in total. The zero-order chi connectivity index (χ0) is 17.2. The van der Waals surface area contributed by atoms with Gasteiger partial charge in [0.1, 0.15) is 5.75 Å². The van der Waals surface area contributed by atoms with E-state index in [1.165, 1.54) is 0 Å². The van der Waals surface area contributed by atoms with Crippen LogP contribution in [0.2, 0.25) is 0 Å². The number of hydrogen-bond donors (Lipinski definition) is 2. The maximum atomic E-state index is 5.17. The third kappa shape index (κ3) is 7.16. The van der Waals surface area contributed by atoms with E-state index in [-0.39, 0.29) is 24.0 Å². The molecular weight excluding hydrogens is 431 g/mol. The van der Waals surface area contributed by atoms with Gasteiger partial charge in [-0.2, -0.15) is 0 Å². The van der Waals surface area contributed by atoms with Gasteiger partial charge in [-0.05, 0) is 36.2 Å². The number of pyridine rings is 1. The van der Waals surface area contributed by atoms with Crippen LogP contribution in [0.3, 0.4) is 0 Å². The highest BCUT2D eigenvalue weighted by Gasteiger charge is 2.01. The van der Waals surface area contributed by atoms with E-state index in [0.29, 0.717) is 19.0 Å². The third-order valence-electron chi connectivity index (χ3n) is 3.39. The van der Waals surface area contributed by atoms with E-state index in [2.05, 4.69) is 20.6 Å². The summed E-state index contributed by atoms with van der Waals surface area (Å²) >= 11 is 0. The van der Waals surface area contributed by atoms with Crippen molar-refractivity contribution in [3.8, 4) is 11.6 Å². The molecule has 1 heterocycles. The molecule has 0 aliphatic rings. The SMILES string of the molecule is CCNC(=NCc1ccnc(OC)c1)NCc1ccc(OC)cc1.I. The van der Waals surface area contributed by atoms with Crippen molar-refractivity contribution in [2.45, 2.75) is 20.0 Å². The minimum Gasteiger partial charge on any atom is -0.497 e. The molecule has 2 rings (SSSR count). The van der Waals surface area contributed by atoms with Gasteiger partial charge in [-0.15, -0.1) is 24.0 Å². The molecule has 0 aliphatic carbocycles. The van der Waals surface area contributed by atoms with Crippen molar-refractivity contribution in [3.05, 3.63) is 53.7 Å². The van der Waals surface area contributed by atoms with Crippen LogP contribution in [0.15, 0.2) is 47.6 Å². The number of aromatic nitrogens is 1. The Hall–Kier alpha value is -2.03.